The number of benzene rings is 2. The number of fused-ring (bicyclic) bond motifs is 2. The predicted molar refractivity (Wildman–Crippen MR) is 102 cm³/mol. The van der Waals surface area contributed by atoms with Crippen LogP contribution in [0.15, 0.2) is 54.6 Å². The zero-order valence-corrected chi connectivity index (χ0v) is 14.6. The Kier molecular flexibility index (Phi) is 4.73. The van der Waals surface area contributed by atoms with Crippen LogP contribution in [0.2, 0.25) is 0 Å². The van der Waals surface area contributed by atoms with Crippen LogP contribution >= 0.6 is 0 Å². The number of carbonyl (C=O) groups excluding carboxylic acids is 1. The molecule has 4 rings (SSSR count). The Balaban J connectivity index is 1.30. The summed E-state index contributed by atoms with van der Waals surface area (Å²) < 4.78 is 0. The standard InChI is InChI=1S/C21H23N3O2/c25-18(14-24-10-9-15-5-1-2-7-17(15)13-24)12-22-21(26)20-11-16-6-3-4-8-19(16)23-20/h1-8,11,18,23,25H,9-10,12-14H2,(H,22,26). The molecular weight excluding hydrogens is 326 g/mol. The van der Waals surface area contributed by atoms with Crippen molar-refractivity contribution in [2.45, 2.75) is 19.1 Å². The lowest BCUT2D eigenvalue weighted by Gasteiger charge is -2.30. The topological polar surface area (TPSA) is 68.4 Å². The summed E-state index contributed by atoms with van der Waals surface area (Å²) in [4.78, 5) is 17.7. The second-order valence-electron chi connectivity index (χ2n) is 6.89. The monoisotopic (exact) mass is 349 g/mol. The van der Waals surface area contributed by atoms with Crippen LogP contribution in [0.3, 0.4) is 0 Å². The molecule has 2 heterocycles. The van der Waals surface area contributed by atoms with Crippen LogP contribution in [0.25, 0.3) is 10.9 Å². The number of nitrogens with one attached hydrogen (secondary N) is 2. The van der Waals surface area contributed by atoms with Gasteiger partial charge in [-0.15, -0.1) is 0 Å². The molecule has 1 unspecified atom stereocenters. The summed E-state index contributed by atoms with van der Waals surface area (Å²) in [6.07, 6.45) is 0.415. The summed E-state index contributed by atoms with van der Waals surface area (Å²) >= 11 is 0. The Labute approximate surface area is 152 Å². The minimum absolute atomic E-state index is 0.191. The molecule has 5 heteroatoms. The van der Waals surface area contributed by atoms with Crippen LogP contribution in [0.4, 0.5) is 0 Å². The zero-order chi connectivity index (χ0) is 17.9. The average molecular weight is 349 g/mol. The van der Waals surface area contributed by atoms with E-state index in [4.69, 9.17) is 0 Å². The molecule has 1 amide bonds. The van der Waals surface area contributed by atoms with E-state index in [1.54, 1.807) is 0 Å². The van der Waals surface area contributed by atoms with Crippen LogP contribution < -0.4 is 5.32 Å². The van der Waals surface area contributed by atoms with Crippen molar-refractivity contribution in [3.63, 3.8) is 0 Å². The van der Waals surface area contributed by atoms with Gasteiger partial charge >= 0.3 is 0 Å². The average Bonchev–Trinajstić information content (AvgIpc) is 3.10. The Morgan fingerprint density at radius 2 is 1.92 bits per heavy atom. The smallest absolute Gasteiger partial charge is 0.267 e. The first-order chi connectivity index (χ1) is 12.7. The highest BCUT2D eigenvalue weighted by Crippen LogP contribution is 2.18. The van der Waals surface area contributed by atoms with Gasteiger partial charge in [0.05, 0.1) is 6.10 Å². The molecule has 0 saturated heterocycles. The van der Waals surface area contributed by atoms with E-state index in [1.807, 2.05) is 30.3 Å². The molecule has 1 atom stereocenters. The fraction of sp³-hybridized carbons (Fsp3) is 0.286. The molecule has 0 spiro atoms. The number of β-amino-alcohol motifs (C(OH)–C–C–N with tert-alkyl or cyclic N) is 1. The molecule has 0 radical (unpaired) electrons. The van der Waals surface area contributed by atoms with Crippen molar-refractivity contribution in [3.05, 3.63) is 71.4 Å². The fourth-order valence-corrected chi connectivity index (χ4v) is 3.57. The van der Waals surface area contributed by atoms with Gasteiger partial charge in [0.15, 0.2) is 0 Å². The molecule has 0 bridgehead atoms. The minimum atomic E-state index is -0.589. The summed E-state index contributed by atoms with van der Waals surface area (Å²) in [5.74, 6) is -0.191. The van der Waals surface area contributed by atoms with Crippen LogP contribution in [-0.2, 0) is 13.0 Å². The number of aliphatic hydroxyl groups excluding tert-OH is 1. The first-order valence-electron chi connectivity index (χ1n) is 9.02. The van der Waals surface area contributed by atoms with E-state index in [1.165, 1.54) is 11.1 Å². The molecule has 2 aromatic carbocycles. The second kappa shape index (κ2) is 7.32. The number of amides is 1. The third-order valence-corrected chi connectivity index (χ3v) is 4.95. The maximum Gasteiger partial charge on any atom is 0.267 e. The van der Waals surface area contributed by atoms with Crippen molar-refractivity contribution >= 4 is 16.8 Å². The van der Waals surface area contributed by atoms with Crippen molar-refractivity contribution in [3.8, 4) is 0 Å². The molecule has 0 saturated carbocycles. The Morgan fingerprint density at radius 3 is 2.77 bits per heavy atom. The number of H-pyrrole nitrogens is 1. The summed E-state index contributed by atoms with van der Waals surface area (Å²) in [5.41, 5.74) is 4.17. The Hall–Kier alpha value is -2.63. The van der Waals surface area contributed by atoms with E-state index in [2.05, 4.69) is 39.5 Å². The first-order valence-corrected chi connectivity index (χ1v) is 9.02. The molecule has 5 nitrogen and oxygen atoms in total. The lowest BCUT2D eigenvalue weighted by molar-refractivity contribution is 0.0838. The van der Waals surface area contributed by atoms with Gasteiger partial charge in [-0.3, -0.25) is 9.69 Å². The Morgan fingerprint density at radius 1 is 1.15 bits per heavy atom. The van der Waals surface area contributed by atoms with E-state index in [-0.39, 0.29) is 12.5 Å². The van der Waals surface area contributed by atoms with Crippen LogP contribution in [0, 0.1) is 0 Å². The fourth-order valence-electron chi connectivity index (χ4n) is 3.57. The van der Waals surface area contributed by atoms with Crippen LogP contribution in [0.1, 0.15) is 21.6 Å². The number of hydrogen-bond donors (Lipinski definition) is 3. The van der Waals surface area contributed by atoms with Gasteiger partial charge in [-0.2, -0.15) is 0 Å². The maximum absolute atomic E-state index is 12.3. The highest BCUT2D eigenvalue weighted by Gasteiger charge is 2.19. The van der Waals surface area contributed by atoms with Gasteiger partial charge in [-0.25, -0.2) is 0 Å². The van der Waals surface area contributed by atoms with Crippen molar-refractivity contribution < 1.29 is 9.90 Å². The van der Waals surface area contributed by atoms with Crippen molar-refractivity contribution in [1.29, 1.82) is 0 Å². The van der Waals surface area contributed by atoms with Gasteiger partial charge in [0.25, 0.3) is 5.91 Å². The van der Waals surface area contributed by atoms with Gasteiger partial charge < -0.3 is 15.4 Å². The normalized spacial score (nSPS) is 15.6. The predicted octanol–water partition coefficient (Wildman–Crippen LogP) is 2.32. The lowest BCUT2D eigenvalue weighted by atomic mass is 10.00. The SMILES string of the molecule is O=C(NCC(O)CN1CCc2ccccc2C1)c1cc2ccccc2[nH]1. The maximum atomic E-state index is 12.3. The van der Waals surface area contributed by atoms with E-state index >= 15 is 0 Å². The number of aromatic nitrogens is 1. The van der Waals surface area contributed by atoms with Gasteiger partial charge in [0, 0.05) is 37.1 Å². The van der Waals surface area contributed by atoms with Gasteiger partial charge in [0.2, 0.25) is 0 Å². The lowest BCUT2D eigenvalue weighted by Crippen LogP contribution is -2.42. The highest BCUT2D eigenvalue weighted by atomic mass is 16.3. The van der Waals surface area contributed by atoms with Crippen LogP contribution in [0.5, 0.6) is 0 Å². The molecule has 3 N–H and O–H groups in total. The van der Waals surface area contributed by atoms with Gasteiger partial charge in [-0.1, -0.05) is 42.5 Å². The molecule has 1 aliphatic rings. The first kappa shape index (κ1) is 16.8. The largest absolute Gasteiger partial charge is 0.390 e. The molecular formula is C21H23N3O2. The molecule has 26 heavy (non-hydrogen) atoms. The summed E-state index contributed by atoms with van der Waals surface area (Å²) in [6, 6.07) is 18.1. The number of para-hydroxylation sites is 1. The van der Waals surface area contributed by atoms with Crippen molar-refractivity contribution in [1.82, 2.24) is 15.2 Å². The Bertz CT molecular complexity index is 885. The number of nitrogens with zero attached hydrogens (tertiary/aromatic N) is 1. The number of carbonyl (C=O) groups is 1. The summed E-state index contributed by atoms with van der Waals surface area (Å²) in [6.45, 7) is 2.58. The summed E-state index contributed by atoms with van der Waals surface area (Å²) in [7, 11) is 0. The van der Waals surface area contributed by atoms with Crippen molar-refractivity contribution in [2.24, 2.45) is 0 Å². The molecule has 0 aliphatic carbocycles. The van der Waals surface area contributed by atoms with Crippen LogP contribution in [-0.4, -0.2) is 46.6 Å². The van der Waals surface area contributed by atoms with Crippen molar-refractivity contribution in [2.75, 3.05) is 19.6 Å². The zero-order valence-electron chi connectivity index (χ0n) is 14.6. The third kappa shape index (κ3) is 3.64. The highest BCUT2D eigenvalue weighted by molar-refractivity contribution is 5.97. The molecule has 0 fully saturated rings. The number of rotatable bonds is 5. The number of hydrogen-bond acceptors (Lipinski definition) is 3. The number of aromatic amines is 1. The molecule has 1 aliphatic heterocycles. The second-order valence-corrected chi connectivity index (χ2v) is 6.89. The molecule has 3 aromatic rings. The van der Waals surface area contributed by atoms with E-state index in [9.17, 15) is 9.90 Å². The van der Waals surface area contributed by atoms with E-state index in [0.717, 1.165) is 30.4 Å². The minimum Gasteiger partial charge on any atom is -0.390 e. The van der Waals surface area contributed by atoms with E-state index < -0.39 is 6.10 Å². The van der Waals surface area contributed by atoms with E-state index in [0.29, 0.717) is 12.2 Å². The third-order valence-electron chi connectivity index (χ3n) is 4.95. The molecule has 1 aromatic heterocycles. The van der Waals surface area contributed by atoms with Gasteiger partial charge in [0.1, 0.15) is 5.69 Å². The quantitative estimate of drug-likeness (QED) is 0.662. The summed E-state index contributed by atoms with van der Waals surface area (Å²) in [5, 5.41) is 14.1. The molecule has 134 valence electrons. The van der Waals surface area contributed by atoms with Gasteiger partial charge in [-0.05, 0) is 29.7 Å². The number of aliphatic hydroxyl groups is 1.